The third-order valence-corrected chi connectivity index (χ3v) is 0. The maximum atomic E-state index is 0. The van der Waals surface area contributed by atoms with E-state index in [9.17, 15) is 0 Å². The molecule has 0 aliphatic carbocycles. The zero-order valence-electron chi connectivity index (χ0n) is 3.17. The zero-order valence-corrected chi connectivity index (χ0v) is 6.54. The van der Waals surface area contributed by atoms with Crippen LogP contribution in [-0.2, 0) is 19.5 Å². The summed E-state index contributed by atoms with van der Waals surface area (Å²) < 4.78 is 0. The van der Waals surface area contributed by atoms with E-state index in [2.05, 4.69) is 0 Å². The van der Waals surface area contributed by atoms with Crippen molar-refractivity contribution in [2.45, 2.75) is 0 Å². The Morgan fingerprint density at radius 2 is 0.600 bits per heavy atom. The summed E-state index contributed by atoms with van der Waals surface area (Å²) in [6, 6.07) is 0. The second-order valence-corrected chi connectivity index (χ2v) is 0. The van der Waals surface area contributed by atoms with Crippen LogP contribution < -0.4 is 0 Å². The first-order chi connectivity index (χ1) is 0. The van der Waals surface area contributed by atoms with Gasteiger partial charge in [-0.1, -0.05) is 0 Å². The van der Waals surface area contributed by atoms with Crippen molar-refractivity contribution in [2.24, 2.45) is 0 Å². The van der Waals surface area contributed by atoms with Crippen LogP contribution in [0, 0.1) is 14.9 Å². The maximum absolute atomic E-state index is 0. The summed E-state index contributed by atoms with van der Waals surface area (Å²) in [6.07, 6.45) is 0. The van der Waals surface area contributed by atoms with Crippen molar-refractivity contribution in [3.05, 3.63) is 14.9 Å². The Morgan fingerprint density at radius 1 is 0.600 bits per heavy atom. The van der Waals surface area contributed by atoms with E-state index in [0.29, 0.717) is 0 Å². The first kappa shape index (κ1) is 116. The zero-order chi connectivity index (χ0) is 0. The SMILES string of the molecule is Cl.Cl.[CH3-].[CH3-].[Ru+2]. The van der Waals surface area contributed by atoms with E-state index in [-0.39, 0.29) is 59.1 Å². The average Bonchev–Trinajstić information content (AvgIpc) is 0. The van der Waals surface area contributed by atoms with Gasteiger partial charge in [-0.2, -0.15) is 0 Å². The largest absolute Gasteiger partial charge is 2.00 e. The molecule has 0 rings (SSSR count). The van der Waals surface area contributed by atoms with Crippen molar-refractivity contribution >= 4 is 24.8 Å². The smallest absolute Gasteiger partial charge is 0.358 e. The van der Waals surface area contributed by atoms with Gasteiger partial charge in [0.2, 0.25) is 0 Å². The maximum Gasteiger partial charge on any atom is 2.00 e. The minimum atomic E-state index is 0. The molecule has 0 fully saturated rings. The van der Waals surface area contributed by atoms with Gasteiger partial charge in [0.15, 0.2) is 0 Å². The fourth-order valence-corrected chi connectivity index (χ4v) is 0. The molecule has 0 heterocycles. The normalized spacial score (nSPS) is 0. The second-order valence-electron chi connectivity index (χ2n) is 0. The van der Waals surface area contributed by atoms with Gasteiger partial charge in [0.05, 0.1) is 0 Å². The molecule has 0 unspecified atom stereocenters. The van der Waals surface area contributed by atoms with E-state index < -0.39 is 0 Å². The standard InChI is InChI=1S/2CH3.2ClH.Ru/h2*1H3;2*1H;/q2*-1;;;+2. The topological polar surface area (TPSA) is 0 Å². The second kappa shape index (κ2) is 63.5. The Labute approximate surface area is 59.3 Å². The fraction of sp³-hybridized carbons (Fsp3) is 0. The van der Waals surface area contributed by atoms with Gasteiger partial charge >= 0.3 is 19.5 Å². The molecule has 0 aromatic rings. The molecule has 0 aliphatic rings. The van der Waals surface area contributed by atoms with Crippen LogP contribution in [0.5, 0.6) is 0 Å². The van der Waals surface area contributed by atoms with Crippen LogP contribution in [0.2, 0.25) is 0 Å². The minimum Gasteiger partial charge on any atom is -0.358 e. The fourth-order valence-electron chi connectivity index (χ4n) is 0. The van der Waals surface area contributed by atoms with Crippen LogP contribution in [0.1, 0.15) is 0 Å². The molecule has 0 aromatic heterocycles. The van der Waals surface area contributed by atoms with Crippen molar-refractivity contribution in [3.8, 4) is 0 Å². The quantitative estimate of drug-likeness (QED) is 0.416. The molecular formula is C2H8Cl2Ru. The van der Waals surface area contributed by atoms with Crippen LogP contribution >= 0.6 is 24.8 Å². The summed E-state index contributed by atoms with van der Waals surface area (Å²) in [7, 11) is 0. The summed E-state index contributed by atoms with van der Waals surface area (Å²) in [5.41, 5.74) is 0. The summed E-state index contributed by atoms with van der Waals surface area (Å²) >= 11 is 0. The van der Waals surface area contributed by atoms with E-state index in [1.807, 2.05) is 0 Å². The summed E-state index contributed by atoms with van der Waals surface area (Å²) in [4.78, 5) is 0. The third-order valence-electron chi connectivity index (χ3n) is 0. The van der Waals surface area contributed by atoms with E-state index in [4.69, 9.17) is 0 Å². The monoisotopic (exact) mass is 204 g/mol. The Balaban J connectivity index is 0. The van der Waals surface area contributed by atoms with Crippen LogP contribution in [0.4, 0.5) is 0 Å². The van der Waals surface area contributed by atoms with Gasteiger partial charge in [-0.3, -0.25) is 0 Å². The van der Waals surface area contributed by atoms with Crippen LogP contribution in [0.25, 0.3) is 0 Å². The summed E-state index contributed by atoms with van der Waals surface area (Å²) in [5, 5.41) is 0. The molecule has 0 amide bonds. The Hall–Kier alpha value is 1.20. The molecule has 0 aliphatic heterocycles. The molecular weight excluding hydrogens is 196 g/mol. The molecule has 0 saturated heterocycles. The Kier molecular flexibility index (Phi) is 1470. The molecule has 0 saturated carbocycles. The number of hydrogen-bond acceptors (Lipinski definition) is 0. The van der Waals surface area contributed by atoms with Crippen LogP contribution in [0.3, 0.4) is 0 Å². The number of hydrogen-bond donors (Lipinski definition) is 0. The van der Waals surface area contributed by atoms with Gasteiger partial charge in [-0.15, -0.1) is 24.8 Å². The van der Waals surface area contributed by atoms with Crippen molar-refractivity contribution in [2.75, 3.05) is 0 Å². The predicted octanol–water partition coefficient (Wildman–Crippen LogP) is 1.74. The van der Waals surface area contributed by atoms with Crippen LogP contribution in [-0.4, -0.2) is 0 Å². The van der Waals surface area contributed by atoms with Gasteiger partial charge in [0, 0.05) is 0 Å². The summed E-state index contributed by atoms with van der Waals surface area (Å²) in [6.45, 7) is 0. The molecule has 0 N–H and O–H groups in total. The Morgan fingerprint density at radius 3 is 0.600 bits per heavy atom. The van der Waals surface area contributed by atoms with E-state index in [1.165, 1.54) is 0 Å². The first-order valence-electron chi connectivity index (χ1n) is 0. The Bertz CT molecular complexity index is 7.61. The van der Waals surface area contributed by atoms with E-state index in [1.54, 1.807) is 0 Å². The third kappa shape index (κ3) is 36.9. The molecule has 0 bridgehead atoms. The average molecular weight is 204 g/mol. The van der Waals surface area contributed by atoms with Crippen molar-refractivity contribution in [1.29, 1.82) is 0 Å². The van der Waals surface area contributed by atoms with Gasteiger partial charge in [0.25, 0.3) is 0 Å². The molecule has 0 atom stereocenters. The molecule has 0 radical (unpaired) electrons. The van der Waals surface area contributed by atoms with E-state index in [0.717, 1.165) is 0 Å². The van der Waals surface area contributed by atoms with Gasteiger partial charge in [-0.05, 0) is 0 Å². The molecule has 0 spiro atoms. The van der Waals surface area contributed by atoms with Crippen molar-refractivity contribution in [1.82, 2.24) is 0 Å². The predicted molar refractivity (Wildman–Crippen MR) is 27.3 cm³/mol. The van der Waals surface area contributed by atoms with Gasteiger partial charge < -0.3 is 14.9 Å². The summed E-state index contributed by atoms with van der Waals surface area (Å²) in [5.74, 6) is 0. The number of rotatable bonds is 0. The molecule has 0 nitrogen and oxygen atoms in total. The number of halogens is 2. The van der Waals surface area contributed by atoms with Crippen LogP contribution in [0.15, 0.2) is 0 Å². The van der Waals surface area contributed by atoms with Gasteiger partial charge in [-0.25, -0.2) is 0 Å². The molecule has 5 heavy (non-hydrogen) atoms. The van der Waals surface area contributed by atoms with Crippen molar-refractivity contribution < 1.29 is 19.5 Å². The minimum absolute atomic E-state index is 0. The van der Waals surface area contributed by atoms with E-state index >= 15 is 0 Å². The molecule has 38 valence electrons. The van der Waals surface area contributed by atoms with Gasteiger partial charge in [0.1, 0.15) is 0 Å². The molecule has 3 heteroatoms. The van der Waals surface area contributed by atoms with Crippen molar-refractivity contribution in [3.63, 3.8) is 0 Å². The first-order valence-corrected chi connectivity index (χ1v) is 0. The molecule has 0 aromatic carbocycles.